The molecule has 1 heterocycles. The van der Waals surface area contributed by atoms with Gasteiger partial charge in [0.2, 0.25) is 0 Å². The highest BCUT2D eigenvalue weighted by molar-refractivity contribution is 5.92. The molecule has 0 fully saturated rings. The molecular formula is C14H26N4O. The van der Waals surface area contributed by atoms with Gasteiger partial charge in [0, 0.05) is 23.7 Å². The van der Waals surface area contributed by atoms with Gasteiger partial charge in [0.25, 0.3) is 5.91 Å². The standard InChI is InChI=1S/C14H26N4O/c1-5-6-7-10(9-15)16-13(19)11-8-12(18-17-11)14(2,3)4/h8,10H,5-7,9,15H2,1-4H3,(H,16,19)(H,17,18). The van der Waals surface area contributed by atoms with E-state index in [0.29, 0.717) is 12.2 Å². The molecule has 0 saturated heterocycles. The maximum atomic E-state index is 12.1. The summed E-state index contributed by atoms with van der Waals surface area (Å²) in [5, 5.41) is 9.93. The minimum absolute atomic E-state index is 0.0298. The van der Waals surface area contributed by atoms with Crippen LogP contribution in [-0.2, 0) is 5.41 Å². The van der Waals surface area contributed by atoms with Crippen LogP contribution in [0.1, 0.15) is 63.1 Å². The number of nitrogens with one attached hydrogen (secondary N) is 2. The van der Waals surface area contributed by atoms with Crippen molar-refractivity contribution in [3.8, 4) is 0 Å². The second-order valence-electron chi connectivity index (χ2n) is 5.97. The Morgan fingerprint density at radius 1 is 1.53 bits per heavy atom. The average molecular weight is 266 g/mol. The summed E-state index contributed by atoms with van der Waals surface area (Å²) < 4.78 is 0. The molecular weight excluding hydrogens is 240 g/mol. The molecule has 4 N–H and O–H groups in total. The van der Waals surface area contributed by atoms with Crippen LogP contribution in [0.15, 0.2) is 6.07 Å². The van der Waals surface area contributed by atoms with Crippen molar-refractivity contribution in [3.05, 3.63) is 17.5 Å². The number of aromatic amines is 1. The molecule has 108 valence electrons. The number of hydrogen-bond acceptors (Lipinski definition) is 3. The zero-order valence-corrected chi connectivity index (χ0v) is 12.4. The third-order valence-electron chi connectivity index (χ3n) is 3.14. The molecule has 0 aliphatic rings. The summed E-state index contributed by atoms with van der Waals surface area (Å²) in [5.41, 5.74) is 7.02. The first-order chi connectivity index (χ1) is 8.88. The van der Waals surface area contributed by atoms with Crippen molar-refractivity contribution in [2.24, 2.45) is 5.73 Å². The quantitative estimate of drug-likeness (QED) is 0.736. The van der Waals surface area contributed by atoms with Crippen LogP contribution in [0.25, 0.3) is 0 Å². The first-order valence-corrected chi connectivity index (χ1v) is 6.95. The highest BCUT2D eigenvalue weighted by Gasteiger charge is 2.20. The van der Waals surface area contributed by atoms with Gasteiger partial charge in [-0.1, -0.05) is 40.5 Å². The molecule has 1 aromatic heterocycles. The van der Waals surface area contributed by atoms with E-state index in [1.165, 1.54) is 0 Å². The lowest BCUT2D eigenvalue weighted by molar-refractivity contribution is 0.0930. The van der Waals surface area contributed by atoms with Crippen LogP contribution < -0.4 is 11.1 Å². The highest BCUT2D eigenvalue weighted by Crippen LogP contribution is 2.20. The molecule has 0 aliphatic carbocycles. The number of amides is 1. The van der Waals surface area contributed by atoms with Gasteiger partial charge in [-0.15, -0.1) is 0 Å². The molecule has 5 nitrogen and oxygen atoms in total. The number of unbranched alkanes of at least 4 members (excludes halogenated alkanes) is 1. The van der Waals surface area contributed by atoms with Crippen molar-refractivity contribution in [1.82, 2.24) is 15.5 Å². The van der Waals surface area contributed by atoms with E-state index >= 15 is 0 Å². The van der Waals surface area contributed by atoms with Crippen LogP contribution in [0, 0.1) is 0 Å². The van der Waals surface area contributed by atoms with Crippen LogP contribution in [-0.4, -0.2) is 28.7 Å². The van der Waals surface area contributed by atoms with Crippen LogP contribution >= 0.6 is 0 Å². The zero-order chi connectivity index (χ0) is 14.5. The summed E-state index contributed by atoms with van der Waals surface area (Å²) >= 11 is 0. The molecule has 0 aliphatic heterocycles. The number of carbonyl (C=O) groups excluding carboxylic acids is 1. The maximum Gasteiger partial charge on any atom is 0.272 e. The molecule has 1 amide bonds. The van der Waals surface area contributed by atoms with E-state index in [4.69, 9.17) is 5.73 Å². The summed E-state index contributed by atoms with van der Waals surface area (Å²) in [6.07, 6.45) is 3.08. The fraction of sp³-hybridized carbons (Fsp3) is 0.714. The Kier molecular flexibility index (Phi) is 5.54. The molecule has 0 radical (unpaired) electrons. The fourth-order valence-electron chi connectivity index (χ4n) is 1.78. The summed E-state index contributed by atoms with van der Waals surface area (Å²) in [5.74, 6) is -0.154. The van der Waals surface area contributed by atoms with Crippen LogP contribution in [0.5, 0.6) is 0 Å². The minimum Gasteiger partial charge on any atom is -0.347 e. The smallest absolute Gasteiger partial charge is 0.272 e. The predicted molar refractivity (Wildman–Crippen MR) is 77.1 cm³/mol. The number of hydrogen-bond donors (Lipinski definition) is 3. The largest absolute Gasteiger partial charge is 0.347 e. The van der Waals surface area contributed by atoms with Crippen molar-refractivity contribution < 1.29 is 4.79 Å². The van der Waals surface area contributed by atoms with E-state index in [1.54, 1.807) is 0 Å². The van der Waals surface area contributed by atoms with Gasteiger partial charge < -0.3 is 11.1 Å². The monoisotopic (exact) mass is 266 g/mol. The Balaban J connectivity index is 2.64. The van der Waals surface area contributed by atoms with E-state index < -0.39 is 0 Å². The Labute approximate surface area is 115 Å². The molecule has 0 bridgehead atoms. The molecule has 0 aromatic carbocycles. The van der Waals surface area contributed by atoms with E-state index in [0.717, 1.165) is 25.0 Å². The second-order valence-corrected chi connectivity index (χ2v) is 5.97. The summed E-state index contributed by atoms with van der Waals surface area (Å²) in [6, 6.07) is 1.84. The van der Waals surface area contributed by atoms with Gasteiger partial charge in [-0.05, 0) is 12.5 Å². The molecule has 0 spiro atoms. The molecule has 5 heteroatoms. The number of carbonyl (C=O) groups is 1. The molecule has 1 unspecified atom stereocenters. The van der Waals surface area contributed by atoms with Crippen LogP contribution in [0.3, 0.4) is 0 Å². The first-order valence-electron chi connectivity index (χ1n) is 6.95. The lowest BCUT2D eigenvalue weighted by Gasteiger charge is -2.16. The summed E-state index contributed by atoms with van der Waals surface area (Å²) in [6.45, 7) is 8.81. The van der Waals surface area contributed by atoms with Gasteiger partial charge in [-0.3, -0.25) is 9.89 Å². The molecule has 0 saturated carbocycles. The van der Waals surface area contributed by atoms with Crippen LogP contribution in [0.4, 0.5) is 0 Å². The SMILES string of the molecule is CCCCC(CN)NC(=O)c1cc(C(C)(C)C)[nH]n1. The lowest BCUT2D eigenvalue weighted by atomic mass is 9.92. The summed E-state index contributed by atoms with van der Waals surface area (Å²) in [4.78, 5) is 12.1. The van der Waals surface area contributed by atoms with Gasteiger partial charge in [-0.25, -0.2) is 0 Å². The van der Waals surface area contributed by atoms with Crippen LogP contribution in [0.2, 0.25) is 0 Å². The molecule has 1 atom stereocenters. The Morgan fingerprint density at radius 3 is 2.68 bits per heavy atom. The minimum atomic E-state index is -0.154. The number of aromatic nitrogens is 2. The van der Waals surface area contributed by atoms with Crippen molar-refractivity contribution in [3.63, 3.8) is 0 Å². The van der Waals surface area contributed by atoms with E-state index in [-0.39, 0.29) is 17.4 Å². The fourth-order valence-corrected chi connectivity index (χ4v) is 1.78. The molecule has 19 heavy (non-hydrogen) atoms. The number of rotatable bonds is 6. The van der Waals surface area contributed by atoms with Gasteiger partial charge in [0.1, 0.15) is 5.69 Å². The third kappa shape index (κ3) is 4.67. The summed E-state index contributed by atoms with van der Waals surface area (Å²) in [7, 11) is 0. The average Bonchev–Trinajstić information content (AvgIpc) is 2.83. The number of nitrogens with two attached hydrogens (primary N) is 1. The van der Waals surface area contributed by atoms with E-state index in [1.807, 2.05) is 6.07 Å². The Morgan fingerprint density at radius 2 is 2.21 bits per heavy atom. The number of H-pyrrole nitrogens is 1. The lowest BCUT2D eigenvalue weighted by Crippen LogP contribution is -2.40. The Hall–Kier alpha value is -1.36. The zero-order valence-electron chi connectivity index (χ0n) is 12.4. The van der Waals surface area contributed by atoms with Gasteiger partial charge in [0.05, 0.1) is 0 Å². The van der Waals surface area contributed by atoms with Gasteiger partial charge in [0.15, 0.2) is 0 Å². The Bertz CT molecular complexity index is 406. The van der Waals surface area contributed by atoms with Gasteiger partial charge in [-0.2, -0.15) is 5.10 Å². The second kappa shape index (κ2) is 6.70. The topological polar surface area (TPSA) is 83.8 Å². The van der Waals surface area contributed by atoms with E-state index in [2.05, 4.69) is 43.2 Å². The van der Waals surface area contributed by atoms with E-state index in [9.17, 15) is 4.79 Å². The third-order valence-corrected chi connectivity index (χ3v) is 3.14. The predicted octanol–water partition coefficient (Wildman–Crippen LogP) is 1.95. The van der Waals surface area contributed by atoms with Crippen molar-refractivity contribution >= 4 is 5.91 Å². The van der Waals surface area contributed by atoms with Crippen molar-refractivity contribution in [2.45, 2.75) is 58.4 Å². The molecule has 1 aromatic rings. The number of nitrogens with zero attached hydrogens (tertiary/aromatic N) is 1. The first kappa shape index (κ1) is 15.7. The highest BCUT2D eigenvalue weighted by atomic mass is 16.2. The normalized spacial score (nSPS) is 13.3. The van der Waals surface area contributed by atoms with Crippen molar-refractivity contribution in [1.29, 1.82) is 0 Å². The maximum absolute atomic E-state index is 12.1. The molecule has 1 rings (SSSR count). The van der Waals surface area contributed by atoms with Gasteiger partial charge >= 0.3 is 0 Å². The van der Waals surface area contributed by atoms with Crippen molar-refractivity contribution in [2.75, 3.05) is 6.54 Å².